The molecule has 0 spiro atoms. The number of rotatable bonds is 6. The second-order valence-corrected chi connectivity index (χ2v) is 5.83. The molecule has 0 aromatic heterocycles. The molecule has 0 atom stereocenters. The predicted molar refractivity (Wildman–Crippen MR) is 99.6 cm³/mol. The van der Waals surface area contributed by atoms with E-state index in [0.29, 0.717) is 6.61 Å². The first kappa shape index (κ1) is 21.2. The van der Waals surface area contributed by atoms with Crippen LogP contribution in [-0.2, 0) is 16.1 Å². The van der Waals surface area contributed by atoms with Crippen molar-refractivity contribution in [2.45, 2.75) is 27.3 Å². The van der Waals surface area contributed by atoms with E-state index in [4.69, 9.17) is 24.5 Å². The molecule has 0 bridgehead atoms. The van der Waals surface area contributed by atoms with Gasteiger partial charge < -0.3 is 20.3 Å². The largest absolute Gasteiger partial charge is 0.492 e. The summed E-state index contributed by atoms with van der Waals surface area (Å²) in [5.41, 5.74) is 5.08. The minimum absolute atomic E-state index is 0.691. The van der Waals surface area contributed by atoms with Crippen molar-refractivity contribution in [1.82, 2.24) is 5.32 Å². The van der Waals surface area contributed by atoms with Crippen LogP contribution in [0.2, 0.25) is 0 Å². The summed E-state index contributed by atoms with van der Waals surface area (Å²) in [4.78, 5) is 18.2. The normalized spacial score (nSPS) is 9.81. The van der Waals surface area contributed by atoms with E-state index in [9.17, 15) is 0 Å². The fraction of sp³-hybridized carbons (Fsp3) is 0.300. The highest BCUT2D eigenvalue weighted by atomic mass is 16.5. The minimum atomic E-state index is -1.82. The highest BCUT2D eigenvalue weighted by Gasteiger charge is 2.04. The van der Waals surface area contributed by atoms with E-state index in [-0.39, 0.29) is 0 Å². The molecule has 0 aliphatic rings. The van der Waals surface area contributed by atoms with Gasteiger partial charge in [0, 0.05) is 13.1 Å². The first-order valence-electron chi connectivity index (χ1n) is 8.22. The van der Waals surface area contributed by atoms with Crippen molar-refractivity contribution in [2.75, 3.05) is 13.2 Å². The molecule has 0 heterocycles. The molecular formula is C20H25NO5. The van der Waals surface area contributed by atoms with Crippen molar-refractivity contribution in [3.8, 4) is 5.75 Å². The summed E-state index contributed by atoms with van der Waals surface area (Å²) in [5.74, 6) is -2.64. The second-order valence-electron chi connectivity index (χ2n) is 5.83. The van der Waals surface area contributed by atoms with E-state index in [1.54, 1.807) is 0 Å². The number of carbonyl (C=O) groups is 2. The molecule has 0 radical (unpaired) electrons. The zero-order valence-corrected chi connectivity index (χ0v) is 15.3. The van der Waals surface area contributed by atoms with Crippen LogP contribution in [0.1, 0.15) is 22.3 Å². The molecule has 0 amide bonds. The number of benzene rings is 2. The Kier molecular flexibility index (Phi) is 8.87. The van der Waals surface area contributed by atoms with E-state index in [2.05, 4.69) is 62.5 Å². The molecule has 6 nitrogen and oxygen atoms in total. The van der Waals surface area contributed by atoms with Crippen LogP contribution in [-0.4, -0.2) is 35.3 Å². The fourth-order valence-corrected chi connectivity index (χ4v) is 2.21. The first-order chi connectivity index (χ1) is 12.3. The molecule has 0 unspecified atom stereocenters. The Morgan fingerprint density at radius 3 is 2.19 bits per heavy atom. The molecule has 140 valence electrons. The van der Waals surface area contributed by atoms with E-state index in [1.807, 2.05) is 6.07 Å². The molecule has 26 heavy (non-hydrogen) atoms. The molecule has 6 heteroatoms. The molecule has 2 aromatic rings. The van der Waals surface area contributed by atoms with Crippen LogP contribution in [0.5, 0.6) is 5.75 Å². The number of ether oxygens (including phenoxy) is 1. The van der Waals surface area contributed by atoms with Gasteiger partial charge in [-0.25, -0.2) is 9.59 Å². The average Bonchev–Trinajstić information content (AvgIpc) is 2.60. The van der Waals surface area contributed by atoms with Crippen molar-refractivity contribution >= 4 is 11.9 Å². The lowest BCUT2D eigenvalue weighted by Crippen LogP contribution is -2.20. The van der Waals surface area contributed by atoms with Gasteiger partial charge in [0.2, 0.25) is 0 Å². The number of carboxylic acid groups (broad SMARTS) is 2. The van der Waals surface area contributed by atoms with Crippen molar-refractivity contribution in [3.05, 3.63) is 64.7 Å². The lowest BCUT2D eigenvalue weighted by molar-refractivity contribution is -0.159. The molecule has 0 saturated carbocycles. The number of nitrogens with one attached hydrogen (secondary N) is 1. The van der Waals surface area contributed by atoms with E-state index < -0.39 is 11.9 Å². The van der Waals surface area contributed by atoms with Crippen LogP contribution in [0, 0.1) is 20.8 Å². The van der Waals surface area contributed by atoms with Crippen molar-refractivity contribution in [2.24, 2.45) is 0 Å². The summed E-state index contributed by atoms with van der Waals surface area (Å²) in [7, 11) is 0. The number of hydrogen-bond donors (Lipinski definition) is 3. The Labute approximate surface area is 153 Å². The number of aryl methyl sites for hydroxylation is 2. The highest BCUT2D eigenvalue weighted by Crippen LogP contribution is 2.22. The van der Waals surface area contributed by atoms with Gasteiger partial charge in [-0.1, -0.05) is 36.4 Å². The molecule has 0 fully saturated rings. The Balaban J connectivity index is 0.000000487. The van der Waals surface area contributed by atoms with Crippen molar-refractivity contribution < 1.29 is 24.5 Å². The standard InChI is InChI=1S/C18H23NO.C2H2O4/c1-14-11-15(2)16(3)18(12-14)20-10-9-19-13-17-7-5-4-6-8-17;3-1(4)2(5)6/h4-8,11-12,19H,9-10,13H2,1-3H3;(H,3,4)(H,5,6). The van der Waals surface area contributed by atoms with Gasteiger partial charge in [0.15, 0.2) is 0 Å². The summed E-state index contributed by atoms with van der Waals surface area (Å²) in [6, 6.07) is 14.7. The number of carboxylic acids is 2. The first-order valence-corrected chi connectivity index (χ1v) is 8.22. The SMILES string of the molecule is Cc1cc(C)c(C)c(OCCNCc2ccccc2)c1.O=C(O)C(=O)O. The van der Waals surface area contributed by atoms with Gasteiger partial charge in [-0.3, -0.25) is 0 Å². The molecule has 3 N–H and O–H groups in total. The van der Waals surface area contributed by atoms with E-state index in [0.717, 1.165) is 18.8 Å². The van der Waals surface area contributed by atoms with Crippen LogP contribution in [0.4, 0.5) is 0 Å². The monoisotopic (exact) mass is 359 g/mol. The third kappa shape index (κ3) is 7.81. The van der Waals surface area contributed by atoms with Gasteiger partial charge in [-0.15, -0.1) is 0 Å². The molecule has 0 aliphatic carbocycles. The van der Waals surface area contributed by atoms with Crippen molar-refractivity contribution in [1.29, 1.82) is 0 Å². The highest BCUT2D eigenvalue weighted by molar-refractivity contribution is 6.27. The molecule has 2 aromatic carbocycles. The van der Waals surface area contributed by atoms with Crippen LogP contribution in [0.15, 0.2) is 42.5 Å². The summed E-state index contributed by atoms with van der Waals surface area (Å²) in [5, 5.41) is 18.2. The quantitative estimate of drug-likeness (QED) is 0.542. The number of aliphatic carboxylic acids is 2. The van der Waals surface area contributed by atoms with Crippen LogP contribution < -0.4 is 10.1 Å². The average molecular weight is 359 g/mol. The van der Waals surface area contributed by atoms with Gasteiger partial charge in [-0.2, -0.15) is 0 Å². The third-order valence-corrected chi connectivity index (χ3v) is 3.66. The molecular weight excluding hydrogens is 334 g/mol. The third-order valence-electron chi connectivity index (χ3n) is 3.66. The Hall–Kier alpha value is -2.86. The summed E-state index contributed by atoms with van der Waals surface area (Å²) >= 11 is 0. The molecule has 0 aliphatic heterocycles. The second kappa shape index (κ2) is 10.9. The molecule has 2 rings (SSSR count). The van der Waals surface area contributed by atoms with Crippen LogP contribution >= 0.6 is 0 Å². The van der Waals surface area contributed by atoms with E-state index >= 15 is 0 Å². The van der Waals surface area contributed by atoms with Crippen molar-refractivity contribution in [3.63, 3.8) is 0 Å². The summed E-state index contributed by atoms with van der Waals surface area (Å²) in [6.07, 6.45) is 0. The maximum Gasteiger partial charge on any atom is 0.414 e. The van der Waals surface area contributed by atoms with Crippen LogP contribution in [0.3, 0.4) is 0 Å². The summed E-state index contributed by atoms with van der Waals surface area (Å²) < 4.78 is 5.87. The molecule has 0 saturated heterocycles. The zero-order valence-electron chi connectivity index (χ0n) is 15.3. The van der Waals surface area contributed by atoms with Gasteiger partial charge in [-0.05, 0) is 49.1 Å². The fourth-order valence-electron chi connectivity index (χ4n) is 2.21. The summed E-state index contributed by atoms with van der Waals surface area (Å²) in [6.45, 7) is 8.77. The van der Waals surface area contributed by atoms with Gasteiger partial charge in [0.25, 0.3) is 0 Å². The van der Waals surface area contributed by atoms with E-state index in [1.165, 1.54) is 22.3 Å². The Bertz CT molecular complexity index is 716. The zero-order chi connectivity index (χ0) is 19.5. The Morgan fingerprint density at radius 1 is 1.00 bits per heavy atom. The van der Waals surface area contributed by atoms with Gasteiger partial charge >= 0.3 is 11.9 Å². The lowest BCUT2D eigenvalue weighted by atomic mass is 10.1. The Morgan fingerprint density at radius 2 is 1.62 bits per heavy atom. The van der Waals surface area contributed by atoms with Gasteiger partial charge in [0.1, 0.15) is 12.4 Å². The topological polar surface area (TPSA) is 95.9 Å². The maximum absolute atomic E-state index is 9.10. The van der Waals surface area contributed by atoms with Crippen LogP contribution in [0.25, 0.3) is 0 Å². The van der Waals surface area contributed by atoms with Gasteiger partial charge in [0.05, 0.1) is 0 Å². The smallest absolute Gasteiger partial charge is 0.414 e. The maximum atomic E-state index is 9.10. The minimum Gasteiger partial charge on any atom is -0.492 e. The lowest BCUT2D eigenvalue weighted by Gasteiger charge is -2.12. The number of hydrogen-bond acceptors (Lipinski definition) is 4. The predicted octanol–water partition coefficient (Wildman–Crippen LogP) is 2.94.